The number of hydrogen-bond acceptors (Lipinski definition) is 9. The number of benzene rings is 1. The van der Waals surface area contributed by atoms with Crippen molar-refractivity contribution in [1.82, 2.24) is 26.1 Å². The van der Waals surface area contributed by atoms with Crippen molar-refractivity contribution in [1.29, 1.82) is 0 Å². The molecule has 14 nitrogen and oxygen atoms in total. The van der Waals surface area contributed by atoms with E-state index in [1.54, 1.807) is 0 Å². The lowest BCUT2D eigenvalue weighted by Crippen LogP contribution is -2.46. The summed E-state index contributed by atoms with van der Waals surface area (Å²) in [6, 6.07) is 9.98. The van der Waals surface area contributed by atoms with Crippen LogP contribution in [0.1, 0.15) is 5.56 Å². The molecule has 0 spiro atoms. The largest absolute Gasteiger partial charge is 0.480 e. The van der Waals surface area contributed by atoms with Gasteiger partial charge in [-0.1, -0.05) is 30.3 Å². The summed E-state index contributed by atoms with van der Waals surface area (Å²) in [5.74, 6) is 0.148. The first-order chi connectivity index (χ1) is 15.5. The van der Waals surface area contributed by atoms with Gasteiger partial charge in [0, 0.05) is 19.6 Å². The highest BCUT2D eigenvalue weighted by Crippen LogP contribution is 1.96. The average molecular weight is 489 g/mol. The highest BCUT2D eigenvalue weighted by Gasteiger charge is 2.18. The smallest absolute Gasteiger partial charge is 0.317 e. The Morgan fingerprint density at radius 2 is 1.18 bits per heavy atom. The molecule has 1 aromatic carbocycles. The molecule has 1 rings (SSSR count). The molecular weight excluding hydrogens is 460 g/mol. The van der Waals surface area contributed by atoms with Crippen LogP contribution in [0.15, 0.2) is 30.3 Å². The van der Waals surface area contributed by atoms with Gasteiger partial charge in [-0.2, -0.15) is 0 Å². The van der Waals surface area contributed by atoms with Gasteiger partial charge in [0.2, 0.25) is 0 Å². The van der Waals surface area contributed by atoms with E-state index in [4.69, 9.17) is 38.5 Å². The van der Waals surface area contributed by atoms with Crippen LogP contribution in [-0.2, 0) is 25.7 Å². The Kier molecular flexibility index (Phi) is 15.5. The molecule has 0 aliphatic heterocycles. The number of rotatable bonds is 14. The van der Waals surface area contributed by atoms with Crippen molar-refractivity contribution < 1.29 is 39.6 Å². The normalized spacial score (nSPS) is 10.2. The second-order valence-corrected chi connectivity index (χ2v) is 6.84. The lowest BCUT2D eigenvalue weighted by Gasteiger charge is -2.23. The van der Waals surface area contributed by atoms with Crippen LogP contribution in [0.4, 0.5) is 0 Å². The van der Waals surface area contributed by atoms with Gasteiger partial charge in [0.25, 0.3) is 0 Å². The minimum absolute atomic E-state index is 0.0703. The molecule has 0 heterocycles. The highest BCUT2D eigenvalue weighted by molar-refractivity contribution is 7.80. The summed E-state index contributed by atoms with van der Waals surface area (Å²) in [5, 5.41) is 34.8. The van der Waals surface area contributed by atoms with Crippen LogP contribution in [0, 0.1) is 0 Å². The lowest BCUT2D eigenvalue weighted by molar-refractivity contribution is -0.145. The van der Waals surface area contributed by atoms with Gasteiger partial charge in [-0.25, -0.2) is 11.3 Å². The third kappa shape index (κ3) is 18.0. The maximum absolute atomic E-state index is 10.6. The fraction of sp³-hybridized carbons (Fsp3) is 0.389. The van der Waals surface area contributed by atoms with Crippen LogP contribution in [0.3, 0.4) is 0 Å². The van der Waals surface area contributed by atoms with E-state index in [1.807, 2.05) is 30.3 Å². The number of nitrogens with two attached hydrogens (primary N) is 1. The van der Waals surface area contributed by atoms with Crippen LogP contribution in [0.25, 0.3) is 0 Å². The van der Waals surface area contributed by atoms with Crippen LogP contribution in [0.2, 0.25) is 0 Å². The number of nitrogens with one attached hydrogen (secondary N) is 3. The van der Waals surface area contributed by atoms with Gasteiger partial charge in [0.05, 0.1) is 26.2 Å². The van der Waals surface area contributed by atoms with Crippen molar-refractivity contribution in [2.75, 3.05) is 39.3 Å². The van der Waals surface area contributed by atoms with Gasteiger partial charge >= 0.3 is 23.9 Å². The van der Waals surface area contributed by atoms with Gasteiger partial charge in [-0.05, 0) is 17.8 Å². The second kappa shape index (κ2) is 17.2. The van der Waals surface area contributed by atoms with Gasteiger partial charge in [-0.15, -0.1) is 0 Å². The van der Waals surface area contributed by atoms with Gasteiger partial charge < -0.3 is 20.4 Å². The number of hydrazine groups is 2. The first-order valence-corrected chi connectivity index (χ1v) is 9.79. The fourth-order valence-corrected chi connectivity index (χ4v) is 2.41. The van der Waals surface area contributed by atoms with E-state index >= 15 is 0 Å². The number of thiocarbonyl (C=S) groups is 1. The zero-order valence-electron chi connectivity index (χ0n) is 17.6. The minimum atomic E-state index is -1.23. The summed E-state index contributed by atoms with van der Waals surface area (Å²) >= 11 is 4.76. The Balaban J connectivity index is 0.000000676. The number of hydrogen-bond donors (Lipinski definition) is 8. The monoisotopic (exact) mass is 488 g/mol. The van der Waals surface area contributed by atoms with Crippen molar-refractivity contribution in [3.63, 3.8) is 0 Å². The van der Waals surface area contributed by atoms with E-state index in [1.165, 1.54) is 5.56 Å². The summed E-state index contributed by atoms with van der Waals surface area (Å²) in [7, 11) is 0. The highest BCUT2D eigenvalue weighted by atomic mass is 32.1. The molecule has 0 atom stereocenters. The number of carboxylic acids is 4. The molecule has 184 valence electrons. The van der Waals surface area contributed by atoms with Crippen LogP contribution in [0.5, 0.6) is 0 Å². The standard InChI is InChI=1S/C10H16N2O8.C8H12N4S/c13-7(14)3-11(4-8(15)16)1-2-12(5-9(17)18)6-10(19)20;9-11-8(13)12-10-6-7-4-2-1-3-5-7/h1-6H2,(H,13,14)(H,15,16)(H,17,18)(H,19,20);1-5,10H,6,9H2,(H2,11,12,13). The number of carboxylic acid groups (broad SMARTS) is 4. The number of nitrogens with zero attached hydrogens (tertiary/aromatic N) is 2. The van der Waals surface area contributed by atoms with E-state index in [0.717, 1.165) is 9.80 Å². The van der Waals surface area contributed by atoms with Crippen LogP contribution >= 0.6 is 12.2 Å². The predicted octanol–water partition coefficient (Wildman–Crippen LogP) is -2.04. The first kappa shape index (κ1) is 29.6. The fourth-order valence-electron chi connectivity index (χ4n) is 2.33. The summed E-state index contributed by atoms with van der Waals surface area (Å²) < 4.78 is 0. The van der Waals surface area contributed by atoms with Crippen molar-refractivity contribution >= 4 is 41.2 Å². The summed E-state index contributed by atoms with van der Waals surface area (Å²) in [6.45, 7) is -1.55. The molecule has 33 heavy (non-hydrogen) atoms. The average Bonchev–Trinajstić information content (AvgIpc) is 2.71. The van der Waals surface area contributed by atoms with Crippen LogP contribution in [-0.4, -0.2) is 98.5 Å². The molecule has 0 aliphatic carbocycles. The molecule has 0 bridgehead atoms. The molecule has 0 saturated heterocycles. The van der Waals surface area contributed by atoms with E-state index in [9.17, 15) is 19.2 Å². The Morgan fingerprint density at radius 3 is 1.52 bits per heavy atom. The van der Waals surface area contributed by atoms with Crippen molar-refractivity contribution in [2.24, 2.45) is 5.84 Å². The van der Waals surface area contributed by atoms with Gasteiger partial charge in [-0.3, -0.25) is 39.8 Å². The quantitative estimate of drug-likeness (QED) is 0.0803. The molecule has 0 saturated carbocycles. The molecule has 0 unspecified atom stereocenters. The lowest BCUT2D eigenvalue weighted by atomic mass is 10.2. The first-order valence-electron chi connectivity index (χ1n) is 9.38. The van der Waals surface area contributed by atoms with E-state index in [2.05, 4.69) is 16.3 Å². The zero-order valence-corrected chi connectivity index (χ0v) is 18.5. The minimum Gasteiger partial charge on any atom is -0.480 e. The molecule has 0 aromatic heterocycles. The Morgan fingerprint density at radius 1 is 0.788 bits per heavy atom. The van der Waals surface area contributed by atoms with Crippen molar-refractivity contribution in [3.05, 3.63) is 35.9 Å². The van der Waals surface area contributed by atoms with Crippen LogP contribution < -0.4 is 22.1 Å². The molecule has 0 aliphatic rings. The summed E-state index contributed by atoms with van der Waals surface area (Å²) in [4.78, 5) is 44.4. The zero-order chi connectivity index (χ0) is 25.2. The number of carbonyl (C=O) groups is 4. The molecular formula is C18H28N6O8S. The second-order valence-electron chi connectivity index (χ2n) is 6.43. The molecule has 0 radical (unpaired) electrons. The Bertz CT molecular complexity index is 714. The maximum Gasteiger partial charge on any atom is 0.317 e. The molecule has 15 heteroatoms. The van der Waals surface area contributed by atoms with Gasteiger partial charge in [0.1, 0.15) is 0 Å². The molecule has 9 N–H and O–H groups in total. The predicted molar refractivity (Wildman–Crippen MR) is 120 cm³/mol. The van der Waals surface area contributed by atoms with E-state index < -0.39 is 50.1 Å². The van der Waals surface area contributed by atoms with E-state index in [-0.39, 0.29) is 13.1 Å². The maximum atomic E-state index is 10.6. The van der Waals surface area contributed by atoms with Crippen molar-refractivity contribution in [3.8, 4) is 0 Å². The molecule has 0 fully saturated rings. The third-order valence-corrected chi connectivity index (χ3v) is 3.86. The third-order valence-electron chi connectivity index (χ3n) is 3.64. The Hall–Kier alpha value is -3.37. The summed E-state index contributed by atoms with van der Waals surface area (Å²) in [6.07, 6.45) is 0. The van der Waals surface area contributed by atoms with Gasteiger partial charge in [0.15, 0.2) is 5.11 Å². The van der Waals surface area contributed by atoms with E-state index in [0.29, 0.717) is 11.7 Å². The number of aliphatic carboxylic acids is 4. The molecule has 1 aromatic rings. The Labute approximate surface area is 194 Å². The summed E-state index contributed by atoms with van der Waals surface area (Å²) in [5.41, 5.74) is 9.13. The SMILES string of the molecule is NNC(=S)NNCc1ccccc1.O=C(O)CN(CCN(CC(=O)O)CC(=O)O)CC(=O)O. The van der Waals surface area contributed by atoms with Crippen molar-refractivity contribution in [2.45, 2.75) is 6.54 Å². The molecule has 0 amide bonds. The topological polar surface area (TPSA) is 218 Å².